The highest BCUT2D eigenvalue weighted by molar-refractivity contribution is 5.54. The van der Waals surface area contributed by atoms with Gasteiger partial charge in [0.15, 0.2) is 11.5 Å². The van der Waals surface area contributed by atoms with Gasteiger partial charge in [-0.05, 0) is 40.8 Å². The van der Waals surface area contributed by atoms with Gasteiger partial charge in [-0.25, -0.2) is 0 Å². The number of hydrogen-bond donors (Lipinski definition) is 0. The molecule has 7 rings (SSSR count). The predicted molar refractivity (Wildman–Crippen MR) is 153 cm³/mol. The third kappa shape index (κ3) is 4.94. The first-order valence-electron chi connectivity index (χ1n) is 13.9. The summed E-state index contributed by atoms with van der Waals surface area (Å²) >= 11 is 0. The third-order valence-corrected chi connectivity index (χ3v) is 8.21. The van der Waals surface area contributed by atoms with Crippen LogP contribution < -0.4 is 9.47 Å². The van der Waals surface area contributed by atoms with Crippen LogP contribution in [0.1, 0.15) is 34.6 Å². The summed E-state index contributed by atoms with van der Waals surface area (Å²) in [7, 11) is 0. The fourth-order valence-electron chi connectivity index (χ4n) is 6.49. The van der Waals surface area contributed by atoms with Crippen molar-refractivity contribution in [2.75, 3.05) is 26.6 Å². The lowest BCUT2D eigenvalue weighted by Gasteiger charge is -2.46. The summed E-state index contributed by atoms with van der Waals surface area (Å²) < 4.78 is 24.8. The molecule has 0 saturated carbocycles. The van der Waals surface area contributed by atoms with E-state index in [0.29, 0.717) is 19.3 Å². The van der Waals surface area contributed by atoms with E-state index in [2.05, 4.69) is 95.9 Å². The molecule has 5 heteroatoms. The highest BCUT2D eigenvalue weighted by Gasteiger charge is 2.50. The Balaban J connectivity index is 1.18. The van der Waals surface area contributed by atoms with E-state index < -0.39 is 0 Å². The lowest BCUT2D eigenvalue weighted by atomic mass is 9.73. The number of fused-ring (bicyclic) bond motifs is 3. The summed E-state index contributed by atoms with van der Waals surface area (Å²) in [5, 5.41) is 0. The van der Waals surface area contributed by atoms with Crippen LogP contribution in [0.5, 0.6) is 11.5 Å². The van der Waals surface area contributed by atoms with E-state index in [1.807, 2.05) is 12.1 Å². The molecule has 0 N–H and O–H groups in total. The van der Waals surface area contributed by atoms with Crippen LogP contribution in [0, 0.1) is 0 Å². The molecule has 1 aliphatic carbocycles. The zero-order valence-electron chi connectivity index (χ0n) is 21.9. The minimum atomic E-state index is -0.136. The molecule has 5 nitrogen and oxygen atoms in total. The summed E-state index contributed by atoms with van der Waals surface area (Å²) in [5.41, 5.74) is 6.42. The van der Waals surface area contributed by atoms with Crippen LogP contribution in [-0.2, 0) is 16.0 Å². The van der Waals surface area contributed by atoms with Gasteiger partial charge in [-0.1, -0.05) is 96.6 Å². The van der Waals surface area contributed by atoms with Crippen LogP contribution in [0.25, 0.3) is 12.2 Å². The fraction of sp³-hybridized carbons (Fsp3) is 0.294. The molecule has 0 aromatic heterocycles. The van der Waals surface area contributed by atoms with Gasteiger partial charge in [-0.15, -0.1) is 0 Å². The largest absolute Gasteiger partial charge is 0.454 e. The van der Waals surface area contributed by atoms with Crippen LogP contribution in [-0.4, -0.2) is 49.7 Å². The average Bonchev–Trinajstić information content (AvgIpc) is 3.61. The van der Waals surface area contributed by atoms with Crippen LogP contribution in [0.3, 0.4) is 0 Å². The molecule has 0 bridgehead atoms. The van der Waals surface area contributed by atoms with Crippen molar-refractivity contribution in [2.24, 2.45) is 0 Å². The molecule has 39 heavy (non-hydrogen) atoms. The van der Waals surface area contributed by atoms with Crippen molar-refractivity contribution < 1.29 is 18.9 Å². The van der Waals surface area contributed by atoms with Crippen molar-refractivity contribution in [1.29, 1.82) is 0 Å². The smallest absolute Gasteiger partial charge is 0.231 e. The molecule has 3 heterocycles. The molecule has 0 spiro atoms. The van der Waals surface area contributed by atoms with Gasteiger partial charge in [0.1, 0.15) is 6.10 Å². The average molecular weight is 520 g/mol. The van der Waals surface area contributed by atoms with Crippen molar-refractivity contribution in [1.82, 2.24) is 4.90 Å². The van der Waals surface area contributed by atoms with Crippen molar-refractivity contribution >= 4 is 12.2 Å². The molecule has 1 fully saturated rings. The number of benzene rings is 3. The molecule has 0 unspecified atom stereocenters. The SMILES string of the molecule is C1=C2CCN3Cc4cc5c(cc4[C@H]([C@H](OC/C=C/c4ccccc4)[C@H]1OC/C=C/c1ccccc1)[C@@H]23)OCO5. The van der Waals surface area contributed by atoms with Crippen molar-refractivity contribution in [3.63, 3.8) is 0 Å². The molecule has 198 valence electrons. The Morgan fingerprint density at radius 1 is 0.821 bits per heavy atom. The first kappa shape index (κ1) is 24.4. The number of ether oxygens (including phenoxy) is 4. The predicted octanol–water partition coefficient (Wildman–Crippen LogP) is 6.22. The van der Waals surface area contributed by atoms with Gasteiger partial charge >= 0.3 is 0 Å². The van der Waals surface area contributed by atoms with Gasteiger partial charge in [-0.3, -0.25) is 4.90 Å². The molecule has 1 saturated heterocycles. The summed E-state index contributed by atoms with van der Waals surface area (Å²) in [6.45, 7) is 3.31. The molecule has 4 aliphatic rings. The number of hydrogen-bond acceptors (Lipinski definition) is 5. The zero-order valence-corrected chi connectivity index (χ0v) is 21.9. The van der Waals surface area contributed by atoms with E-state index in [-0.39, 0.29) is 24.9 Å². The Bertz CT molecular complexity index is 1400. The molecule has 3 aromatic carbocycles. The Morgan fingerprint density at radius 2 is 1.49 bits per heavy atom. The summed E-state index contributed by atoms with van der Waals surface area (Å²) in [6, 6.07) is 25.4. The molecule has 4 atom stereocenters. The standard InChI is InChI=1S/C34H33NO4/c1-3-9-24(10-4-1)13-7-17-36-31-19-26-15-16-35-22-27-20-29-30(39-23-38-29)21-28(27)32(33(26)35)34(31)37-18-8-14-25-11-5-2-6-12-25/h1-14,19-21,31-34H,15-18,22-23H2/b13-7+,14-8+/t31-,32-,33+,34+/m0/s1. The quantitative estimate of drug-likeness (QED) is 0.330. The Labute approximate surface area is 230 Å². The summed E-state index contributed by atoms with van der Waals surface area (Å²) in [6.07, 6.45) is 11.6. The second kappa shape index (κ2) is 10.9. The van der Waals surface area contributed by atoms with Crippen LogP contribution in [0.2, 0.25) is 0 Å². The van der Waals surface area contributed by atoms with Gasteiger partial charge in [-0.2, -0.15) is 0 Å². The Morgan fingerprint density at radius 3 is 2.21 bits per heavy atom. The van der Waals surface area contributed by atoms with Gasteiger partial charge in [0.25, 0.3) is 0 Å². The lowest BCUT2D eigenvalue weighted by Crippen LogP contribution is -2.51. The number of nitrogens with zero attached hydrogens (tertiary/aromatic N) is 1. The van der Waals surface area contributed by atoms with Crippen molar-refractivity contribution in [2.45, 2.75) is 37.1 Å². The molecular formula is C34H33NO4. The van der Waals surface area contributed by atoms with Crippen LogP contribution >= 0.6 is 0 Å². The van der Waals surface area contributed by atoms with Gasteiger partial charge in [0.05, 0.1) is 19.3 Å². The molecule has 3 aliphatic heterocycles. The van der Waals surface area contributed by atoms with Gasteiger partial charge in [0, 0.05) is 25.0 Å². The van der Waals surface area contributed by atoms with E-state index in [4.69, 9.17) is 18.9 Å². The molecular weight excluding hydrogens is 486 g/mol. The van der Waals surface area contributed by atoms with Gasteiger partial charge in [0.2, 0.25) is 6.79 Å². The van der Waals surface area contributed by atoms with E-state index in [1.54, 1.807) is 0 Å². The van der Waals surface area contributed by atoms with Crippen molar-refractivity contribution in [3.05, 3.63) is 119 Å². The summed E-state index contributed by atoms with van der Waals surface area (Å²) in [5.74, 6) is 1.85. The molecule has 3 aromatic rings. The molecule has 0 radical (unpaired) electrons. The normalized spacial score (nSPS) is 25.2. The summed E-state index contributed by atoms with van der Waals surface area (Å²) in [4.78, 5) is 2.60. The maximum Gasteiger partial charge on any atom is 0.231 e. The monoisotopic (exact) mass is 519 g/mol. The fourth-order valence-corrected chi connectivity index (χ4v) is 6.49. The minimum absolute atomic E-state index is 0.121. The first-order valence-corrected chi connectivity index (χ1v) is 13.9. The maximum atomic E-state index is 6.72. The van der Waals surface area contributed by atoms with Crippen LogP contribution in [0.4, 0.5) is 0 Å². The lowest BCUT2D eigenvalue weighted by molar-refractivity contribution is -0.0671. The van der Waals surface area contributed by atoms with E-state index in [0.717, 1.165) is 31.0 Å². The van der Waals surface area contributed by atoms with E-state index >= 15 is 0 Å². The maximum absolute atomic E-state index is 6.72. The first-order chi connectivity index (χ1) is 19.3. The van der Waals surface area contributed by atoms with E-state index in [1.165, 1.54) is 27.8 Å². The third-order valence-electron chi connectivity index (χ3n) is 8.21. The minimum Gasteiger partial charge on any atom is -0.454 e. The topological polar surface area (TPSA) is 40.2 Å². The van der Waals surface area contributed by atoms with E-state index in [9.17, 15) is 0 Å². The van der Waals surface area contributed by atoms with Crippen LogP contribution in [0.15, 0.2) is 96.6 Å². The molecule has 0 amide bonds. The zero-order chi connectivity index (χ0) is 26.0. The Kier molecular flexibility index (Phi) is 6.79. The Hall–Kier alpha value is -3.64. The highest BCUT2D eigenvalue weighted by Crippen LogP contribution is 2.50. The van der Waals surface area contributed by atoms with Gasteiger partial charge < -0.3 is 18.9 Å². The highest BCUT2D eigenvalue weighted by atomic mass is 16.7. The second-order valence-corrected chi connectivity index (χ2v) is 10.6. The number of rotatable bonds is 8. The second-order valence-electron chi connectivity index (χ2n) is 10.6. The van der Waals surface area contributed by atoms with Crippen molar-refractivity contribution in [3.8, 4) is 11.5 Å².